The van der Waals surface area contributed by atoms with Crippen molar-refractivity contribution in [2.75, 3.05) is 39.9 Å². The predicted octanol–water partition coefficient (Wildman–Crippen LogP) is 1.27. The van der Waals surface area contributed by atoms with Gasteiger partial charge in [0.15, 0.2) is 11.6 Å². The van der Waals surface area contributed by atoms with Crippen LogP contribution in [0.1, 0.15) is 12.0 Å². The molecule has 0 saturated carbocycles. The van der Waals surface area contributed by atoms with Gasteiger partial charge in [0.2, 0.25) is 0 Å². The molecule has 3 rings (SSSR count). The Balaban J connectivity index is 1.53. The quantitative estimate of drug-likeness (QED) is 0.784. The lowest BCUT2D eigenvalue weighted by molar-refractivity contribution is -0.142. The average Bonchev–Trinajstić information content (AvgIpc) is 2.94. The second kappa shape index (κ2) is 6.62. The maximum absolute atomic E-state index is 13.7. The van der Waals surface area contributed by atoms with Crippen molar-refractivity contribution in [1.29, 1.82) is 0 Å². The van der Waals surface area contributed by atoms with Crippen LogP contribution in [0.4, 0.5) is 4.39 Å². The van der Waals surface area contributed by atoms with Gasteiger partial charge in [-0.1, -0.05) is 6.07 Å². The second-order valence-electron chi connectivity index (χ2n) is 5.75. The summed E-state index contributed by atoms with van der Waals surface area (Å²) in [6, 6.07) is 5.01. The van der Waals surface area contributed by atoms with E-state index in [0.29, 0.717) is 13.2 Å². The first-order valence-electron chi connectivity index (χ1n) is 7.63. The van der Waals surface area contributed by atoms with E-state index in [1.807, 2.05) is 6.07 Å². The number of methoxy groups -OCH3 is 1. The molecule has 2 fully saturated rings. The van der Waals surface area contributed by atoms with E-state index in [2.05, 4.69) is 9.80 Å². The number of rotatable bonds is 4. The Kier molecular flexibility index (Phi) is 4.59. The molecular weight excluding hydrogens is 287 g/mol. The van der Waals surface area contributed by atoms with Gasteiger partial charge in [0.1, 0.15) is 6.04 Å². The molecule has 2 saturated heterocycles. The Morgan fingerprint density at radius 3 is 2.68 bits per heavy atom. The zero-order valence-electron chi connectivity index (χ0n) is 12.8. The number of carbonyl (C=O) groups is 1. The maximum atomic E-state index is 13.7. The van der Waals surface area contributed by atoms with Gasteiger partial charge in [-0.25, -0.2) is 4.39 Å². The first kappa shape index (κ1) is 15.2. The summed E-state index contributed by atoms with van der Waals surface area (Å²) in [5.41, 5.74) is 0.937. The van der Waals surface area contributed by atoms with E-state index in [-0.39, 0.29) is 23.6 Å². The molecular formula is C16H21FN2O3. The molecule has 2 aliphatic rings. The van der Waals surface area contributed by atoms with Crippen LogP contribution in [-0.2, 0) is 16.1 Å². The van der Waals surface area contributed by atoms with Crippen LogP contribution in [0.5, 0.6) is 5.75 Å². The standard InChI is InChI=1S/C16H21FN2O3/c1-21-15-3-2-12(10-13(15)17)11-18-5-7-19(8-6-18)14-4-9-22-16(14)20/h2-3,10,14H,4-9,11H2,1H3. The highest BCUT2D eigenvalue weighted by atomic mass is 19.1. The summed E-state index contributed by atoms with van der Waals surface area (Å²) >= 11 is 0. The Labute approximate surface area is 129 Å². The van der Waals surface area contributed by atoms with E-state index >= 15 is 0 Å². The van der Waals surface area contributed by atoms with Gasteiger partial charge in [-0.15, -0.1) is 0 Å². The van der Waals surface area contributed by atoms with Crippen LogP contribution in [0.15, 0.2) is 18.2 Å². The molecule has 2 aliphatic heterocycles. The number of ether oxygens (including phenoxy) is 2. The number of cyclic esters (lactones) is 1. The van der Waals surface area contributed by atoms with E-state index in [1.165, 1.54) is 13.2 Å². The number of hydrogen-bond acceptors (Lipinski definition) is 5. The number of hydrogen-bond donors (Lipinski definition) is 0. The van der Waals surface area contributed by atoms with Crippen LogP contribution < -0.4 is 4.74 Å². The van der Waals surface area contributed by atoms with Crippen molar-refractivity contribution in [3.63, 3.8) is 0 Å². The minimum absolute atomic E-state index is 0.0689. The molecule has 0 aromatic heterocycles. The van der Waals surface area contributed by atoms with Gasteiger partial charge < -0.3 is 9.47 Å². The van der Waals surface area contributed by atoms with Crippen molar-refractivity contribution in [2.24, 2.45) is 0 Å². The Hall–Kier alpha value is -1.66. The number of benzene rings is 1. The molecule has 5 nitrogen and oxygen atoms in total. The first-order chi connectivity index (χ1) is 10.7. The molecule has 120 valence electrons. The largest absolute Gasteiger partial charge is 0.494 e. The summed E-state index contributed by atoms with van der Waals surface area (Å²) in [5.74, 6) is -0.147. The fourth-order valence-corrected chi connectivity index (χ4v) is 3.12. The summed E-state index contributed by atoms with van der Waals surface area (Å²) in [7, 11) is 1.46. The van der Waals surface area contributed by atoms with Crippen molar-refractivity contribution in [3.05, 3.63) is 29.6 Å². The van der Waals surface area contributed by atoms with Crippen LogP contribution in [0, 0.1) is 5.82 Å². The van der Waals surface area contributed by atoms with Gasteiger partial charge >= 0.3 is 5.97 Å². The van der Waals surface area contributed by atoms with Crippen LogP contribution >= 0.6 is 0 Å². The van der Waals surface area contributed by atoms with Gasteiger partial charge in [0, 0.05) is 39.1 Å². The normalized spacial score (nSPS) is 23.5. The van der Waals surface area contributed by atoms with Crippen molar-refractivity contribution >= 4 is 5.97 Å². The first-order valence-corrected chi connectivity index (χ1v) is 7.63. The summed E-state index contributed by atoms with van der Waals surface area (Å²) in [5, 5.41) is 0. The van der Waals surface area contributed by atoms with Crippen molar-refractivity contribution in [3.8, 4) is 5.75 Å². The highest BCUT2D eigenvalue weighted by Gasteiger charge is 2.33. The minimum atomic E-state index is -0.327. The highest BCUT2D eigenvalue weighted by Crippen LogP contribution is 2.20. The molecule has 22 heavy (non-hydrogen) atoms. The van der Waals surface area contributed by atoms with Crippen molar-refractivity contribution in [2.45, 2.75) is 19.0 Å². The van der Waals surface area contributed by atoms with E-state index < -0.39 is 0 Å². The van der Waals surface area contributed by atoms with Crippen molar-refractivity contribution in [1.82, 2.24) is 9.80 Å². The molecule has 0 bridgehead atoms. The van der Waals surface area contributed by atoms with Gasteiger partial charge in [-0.3, -0.25) is 14.6 Å². The summed E-state index contributed by atoms with van der Waals surface area (Å²) < 4.78 is 23.7. The molecule has 1 aromatic rings. The van der Waals surface area contributed by atoms with Crippen LogP contribution in [0.3, 0.4) is 0 Å². The third-order valence-electron chi connectivity index (χ3n) is 4.38. The fourth-order valence-electron chi connectivity index (χ4n) is 3.12. The lowest BCUT2D eigenvalue weighted by Gasteiger charge is -2.36. The SMILES string of the molecule is COc1ccc(CN2CCN(C3CCOC3=O)CC2)cc1F. The molecule has 0 aliphatic carbocycles. The summed E-state index contributed by atoms with van der Waals surface area (Å²) in [6.07, 6.45) is 0.794. The van der Waals surface area contributed by atoms with Crippen LogP contribution in [0.2, 0.25) is 0 Å². The fraction of sp³-hybridized carbons (Fsp3) is 0.562. The summed E-state index contributed by atoms with van der Waals surface area (Å²) in [6.45, 7) is 4.68. The molecule has 0 spiro atoms. The molecule has 0 radical (unpaired) electrons. The van der Waals surface area contributed by atoms with Crippen molar-refractivity contribution < 1.29 is 18.7 Å². The Morgan fingerprint density at radius 1 is 1.32 bits per heavy atom. The number of esters is 1. The second-order valence-corrected chi connectivity index (χ2v) is 5.75. The Bertz CT molecular complexity index is 544. The molecule has 1 atom stereocenters. The van der Waals surface area contributed by atoms with E-state index in [1.54, 1.807) is 6.07 Å². The van der Waals surface area contributed by atoms with E-state index in [0.717, 1.165) is 38.2 Å². The number of halogens is 1. The van der Waals surface area contributed by atoms with E-state index in [4.69, 9.17) is 9.47 Å². The third kappa shape index (κ3) is 3.23. The lowest BCUT2D eigenvalue weighted by atomic mass is 10.1. The zero-order valence-corrected chi connectivity index (χ0v) is 12.8. The molecule has 0 amide bonds. The van der Waals surface area contributed by atoms with Gasteiger partial charge in [0.05, 0.1) is 13.7 Å². The molecule has 2 heterocycles. The minimum Gasteiger partial charge on any atom is -0.494 e. The highest BCUT2D eigenvalue weighted by molar-refractivity contribution is 5.77. The van der Waals surface area contributed by atoms with E-state index in [9.17, 15) is 9.18 Å². The lowest BCUT2D eigenvalue weighted by Crippen LogP contribution is -2.51. The molecule has 0 N–H and O–H groups in total. The molecule has 6 heteroatoms. The monoisotopic (exact) mass is 308 g/mol. The zero-order chi connectivity index (χ0) is 15.5. The molecule has 1 unspecified atom stereocenters. The third-order valence-corrected chi connectivity index (χ3v) is 4.38. The number of piperazine rings is 1. The maximum Gasteiger partial charge on any atom is 0.323 e. The predicted molar refractivity (Wildman–Crippen MR) is 79.2 cm³/mol. The van der Waals surface area contributed by atoms with Gasteiger partial charge in [-0.2, -0.15) is 0 Å². The average molecular weight is 308 g/mol. The van der Waals surface area contributed by atoms with Gasteiger partial charge in [0.25, 0.3) is 0 Å². The Morgan fingerprint density at radius 2 is 2.09 bits per heavy atom. The smallest absolute Gasteiger partial charge is 0.323 e. The van der Waals surface area contributed by atoms with Crippen LogP contribution in [0.25, 0.3) is 0 Å². The summed E-state index contributed by atoms with van der Waals surface area (Å²) in [4.78, 5) is 16.1. The number of carbonyl (C=O) groups excluding carboxylic acids is 1. The topological polar surface area (TPSA) is 42.0 Å². The van der Waals surface area contributed by atoms with Gasteiger partial charge in [-0.05, 0) is 17.7 Å². The molecule has 1 aromatic carbocycles. The number of nitrogens with zero attached hydrogens (tertiary/aromatic N) is 2. The van der Waals surface area contributed by atoms with Crippen LogP contribution in [-0.4, -0.2) is 61.7 Å².